The van der Waals surface area contributed by atoms with Gasteiger partial charge in [0, 0.05) is 12.4 Å². The molecule has 16 heavy (non-hydrogen) atoms. The number of benzene rings is 1. The van der Waals surface area contributed by atoms with E-state index >= 15 is 0 Å². The maximum atomic E-state index is 13.5. The first-order valence-electron chi connectivity index (χ1n) is 5.63. The van der Waals surface area contributed by atoms with Gasteiger partial charge >= 0.3 is 0 Å². The van der Waals surface area contributed by atoms with Crippen LogP contribution >= 0.6 is 0 Å². The van der Waals surface area contributed by atoms with Crippen molar-refractivity contribution in [2.75, 3.05) is 0 Å². The molecule has 0 spiro atoms. The summed E-state index contributed by atoms with van der Waals surface area (Å²) in [6.45, 7) is 5.23. The van der Waals surface area contributed by atoms with Gasteiger partial charge in [-0.1, -0.05) is 36.1 Å². The van der Waals surface area contributed by atoms with E-state index in [4.69, 9.17) is 5.26 Å². The number of nitrogens with zero attached hydrogens (tertiary/aromatic N) is 1. The fraction of sp³-hybridized carbons (Fsp3) is 0.462. The molecule has 1 aromatic rings. The molecular weight excluding hydrogens is 200 g/mol. The Bertz CT molecular complexity index is 401. The molecular formula is C13H17BFN. The highest BCUT2D eigenvalue weighted by molar-refractivity contribution is 6.61. The topological polar surface area (TPSA) is 23.8 Å². The minimum absolute atomic E-state index is 0.423. The van der Waals surface area contributed by atoms with E-state index in [0.29, 0.717) is 13.7 Å². The third kappa shape index (κ3) is 3.69. The molecule has 1 nitrogen and oxygen atoms in total. The Labute approximate surface area is 97.5 Å². The van der Waals surface area contributed by atoms with Gasteiger partial charge in [0.05, 0.1) is 0 Å². The lowest BCUT2D eigenvalue weighted by Gasteiger charge is -2.15. The summed E-state index contributed by atoms with van der Waals surface area (Å²) >= 11 is 0. The highest BCUT2D eigenvalue weighted by Crippen LogP contribution is 2.17. The second-order valence-electron chi connectivity index (χ2n) is 4.69. The van der Waals surface area contributed by atoms with Gasteiger partial charge in [-0.15, -0.1) is 0 Å². The van der Waals surface area contributed by atoms with Crippen LogP contribution in [-0.4, -0.2) is 12.9 Å². The number of hydrogen-bond donors (Lipinski definition) is 0. The van der Waals surface area contributed by atoms with Gasteiger partial charge in [-0.25, -0.2) is 9.65 Å². The first-order chi connectivity index (χ1) is 7.46. The van der Waals surface area contributed by atoms with Crippen LogP contribution in [0.15, 0.2) is 18.2 Å². The molecule has 0 radical (unpaired) electrons. The van der Waals surface area contributed by atoms with Gasteiger partial charge in [-0.2, -0.15) is 0 Å². The van der Waals surface area contributed by atoms with E-state index in [9.17, 15) is 4.39 Å². The van der Waals surface area contributed by atoms with Crippen LogP contribution in [-0.2, 0) is 12.8 Å². The lowest BCUT2D eigenvalue weighted by molar-refractivity contribution is 0.217. The van der Waals surface area contributed by atoms with Gasteiger partial charge in [-0.05, 0) is 25.8 Å². The van der Waals surface area contributed by atoms with Gasteiger partial charge in [-0.3, -0.25) is 0 Å². The minimum atomic E-state index is -1.18. The summed E-state index contributed by atoms with van der Waals surface area (Å²) in [7, 11) is 0.433. The Kier molecular flexibility index (Phi) is 4.12. The number of alkyl halides is 1. The van der Waals surface area contributed by atoms with Crippen molar-refractivity contribution >= 4 is 12.7 Å². The molecule has 0 saturated carbocycles. The summed E-state index contributed by atoms with van der Waals surface area (Å²) in [6.07, 6.45) is 1.31. The van der Waals surface area contributed by atoms with Gasteiger partial charge in [0.2, 0.25) is 0 Å². The van der Waals surface area contributed by atoms with Crippen LogP contribution in [0.1, 0.15) is 31.9 Å². The average molecular weight is 217 g/mol. The summed E-state index contributed by atoms with van der Waals surface area (Å²) in [5.74, 6) is 2.15. The monoisotopic (exact) mass is 217 g/mol. The van der Waals surface area contributed by atoms with Gasteiger partial charge in [0.25, 0.3) is 7.28 Å². The molecule has 3 heteroatoms. The molecule has 84 valence electrons. The molecule has 1 aromatic carbocycles. The highest BCUT2D eigenvalue weighted by atomic mass is 19.1. The van der Waals surface area contributed by atoms with E-state index in [2.05, 4.69) is 12.9 Å². The summed E-state index contributed by atoms with van der Waals surface area (Å²) in [6, 6.07) is 5.89. The van der Waals surface area contributed by atoms with Crippen LogP contribution in [0, 0.1) is 11.2 Å². The zero-order valence-corrected chi connectivity index (χ0v) is 10.2. The number of halogens is 1. The van der Waals surface area contributed by atoms with Crippen molar-refractivity contribution < 1.29 is 4.39 Å². The van der Waals surface area contributed by atoms with Crippen LogP contribution in [0.5, 0.6) is 0 Å². The van der Waals surface area contributed by atoms with Crippen LogP contribution in [0.4, 0.5) is 4.39 Å². The third-order valence-electron chi connectivity index (χ3n) is 2.55. The highest BCUT2D eigenvalue weighted by Gasteiger charge is 2.16. The lowest BCUT2D eigenvalue weighted by atomic mass is 9.69. The molecule has 0 aliphatic heterocycles. The Hall–Kier alpha value is -1.30. The first-order valence-corrected chi connectivity index (χ1v) is 5.63. The lowest BCUT2D eigenvalue weighted by Crippen LogP contribution is -2.20. The number of hydrogen-bond acceptors (Lipinski definition) is 1. The van der Waals surface area contributed by atoms with Crippen molar-refractivity contribution in [1.29, 1.82) is 5.26 Å². The summed E-state index contributed by atoms with van der Waals surface area (Å²) < 4.78 is 13.5. The molecule has 0 aliphatic rings. The summed E-state index contributed by atoms with van der Waals surface area (Å²) in [5, 5.41) is 8.69. The van der Waals surface area contributed by atoms with Crippen LogP contribution < -0.4 is 5.46 Å². The molecule has 0 heterocycles. The quantitative estimate of drug-likeness (QED) is 0.708. The number of nitriles is 1. The van der Waals surface area contributed by atoms with Crippen LogP contribution in [0.3, 0.4) is 0 Å². The van der Waals surface area contributed by atoms with Gasteiger partial charge in [0.15, 0.2) is 0 Å². The van der Waals surface area contributed by atoms with Crippen LogP contribution in [0.2, 0.25) is 0 Å². The molecule has 0 unspecified atom stereocenters. The Balaban J connectivity index is 2.96. The Morgan fingerprint density at radius 3 is 2.62 bits per heavy atom. The van der Waals surface area contributed by atoms with Gasteiger partial charge in [0.1, 0.15) is 5.67 Å². The summed E-state index contributed by atoms with van der Waals surface area (Å²) in [4.78, 5) is 0. The standard InChI is InChI=1S/C13H17BFN/c1-4-11-7-10(8-13(2,3)15)5-6-12(11)14-9-16/h5-7,14H,4,8H2,1-3H3. The second kappa shape index (κ2) is 5.16. The second-order valence-corrected chi connectivity index (χ2v) is 4.69. The Morgan fingerprint density at radius 2 is 2.12 bits per heavy atom. The SMILES string of the molecule is CCc1cc(CC(C)(C)F)ccc1BC#N. The molecule has 0 aliphatic carbocycles. The fourth-order valence-electron chi connectivity index (χ4n) is 1.86. The van der Waals surface area contributed by atoms with Crippen molar-refractivity contribution in [3.05, 3.63) is 29.3 Å². The average Bonchev–Trinajstić information content (AvgIpc) is 2.18. The molecule has 1 rings (SSSR count). The normalized spacial score (nSPS) is 10.9. The smallest absolute Gasteiger partial charge is 0.244 e. The van der Waals surface area contributed by atoms with Crippen molar-refractivity contribution in [3.63, 3.8) is 0 Å². The van der Waals surface area contributed by atoms with Crippen molar-refractivity contribution in [2.24, 2.45) is 0 Å². The molecule has 0 atom stereocenters. The predicted molar refractivity (Wildman–Crippen MR) is 67.1 cm³/mol. The van der Waals surface area contributed by atoms with E-state index < -0.39 is 5.67 Å². The fourth-order valence-corrected chi connectivity index (χ4v) is 1.86. The molecule has 0 bridgehead atoms. The zero-order valence-electron chi connectivity index (χ0n) is 10.2. The van der Waals surface area contributed by atoms with E-state index in [1.807, 2.05) is 18.2 Å². The van der Waals surface area contributed by atoms with E-state index in [0.717, 1.165) is 23.0 Å². The third-order valence-corrected chi connectivity index (χ3v) is 2.55. The maximum Gasteiger partial charge on any atom is 0.283 e. The Morgan fingerprint density at radius 1 is 1.44 bits per heavy atom. The number of rotatable bonds is 4. The largest absolute Gasteiger partial charge is 0.283 e. The zero-order chi connectivity index (χ0) is 12.2. The van der Waals surface area contributed by atoms with Gasteiger partial charge < -0.3 is 0 Å². The van der Waals surface area contributed by atoms with E-state index in [1.54, 1.807) is 13.8 Å². The van der Waals surface area contributed by atoms with Crippen molar-refractivity contribution in [1.82, 2.24) is 0 Å². The molecule has 0 saturated heterocycles. The predicted octanol–water partition coefficient (Wildman–Crippen LogP) is 2.08. The van der Waals surface area contributed by atoms with Crippen LogP contribution in [0.25, 0.3) is 0 Å². The molecule has 0 N–H and O–H groups in total. The molecule has 0 fully saturated rings. The minimum Gasteiger partial charge on any atom is -0.244 e. The van der Waals surface area contributed by atoms with E-state index in [-0.39, 0.29) is 0 Å². The maximum absolute atomic E-state index is 13.5. The first kappa shape index (κ1) is 12.8. The van der Waals surface area contributed by atoms with E-state index in [1.165, 1.54) is 0 Å². The van der Waals surface area contributed by atoms with Crippen molar-refractivity contribution in [3.8, 4) is 5.97 Å². The summed E-state index contributed by atoms with van der Waals surface area (Å²) in [5.41, 5.74) is 2.04. The number of aryl methyl sites for hydroxylation is 1. The molecule has 0 amide bonds. The molecule has 0 aromatic heterocycles. The van der Waals surface area contributed by atoms with Crippen molar-refractivity contribution in [2.45, 2.75) is 39.3 Å².